The van der Waals surface area contributed by atoms with Gasteiger partial charge in [-0.1, -0.05) is 0 Å². The van der Waals surface area contributed by atoms with Crippen LogP contribution in [0.1, 0.15) is 58.9 Å². The van der Waals surface area contributed by atoms with E-state index in [0.29, 0.717) is 12.6 Å². The van der Waals surface area contributed by atoms with Crippen LogP contribution in [0.2, 0.25) is 0 Å². The van der Waals surface area contributed by atoms with Crippen LogP contribution in [0.5, 0.6) is 0 Å². The van der Waals surface area contributed by atoms with E-state index >= 15 is 0 Å². The van der Waals surface area contributed by atoms with Gasteiger partial charge in [0, 0.05) is 60.4 Å². The smallest absolute Gasteiger partial charge is 0.178 e. The molecule has 0 aliphatic carbocycles. The fraction of sp³-hybridized carbons (Fsp3) is 0.478. The van der Waals surface area contributed by atoms with Gasteiger partial charge in [0.25, 0.3) is 0 Å². The number of nitrogens with zero attached hydrogens (tertiary/aromatic N) is 3. The Labute approximate surface area is 167 Å². The van der Waals surface area contributed by atoms with E-state index in [1.165, 1.54) is 0 Å². The molecule has 3 rings (SSSR count). The lowest BCUT2D eigenvalue weighted by Crippen LogP contribution is -2.48. The highest BCUT2D eigenvalue weighted by molar-refractivity contribution is 5.99. The molecule has 150 valence electrons. The molecule has 0 unspecified atom stereocenters. The third-order valence-electron chi connectivity index (χ3n) is 5.68. The molecule has 1 fully saturated rings. The quantitative estimate of drug-likeness (QED) is 0.712. The molecular weight excluding hydrogens is 350 g/mol. The second-order valence-electron chi connectivity index (χ2n) is 8.04. The predicted octanol–water partition coefficient (Wildman–Crippen LogP) is 3.89. The van der Waals surface area contributed by atoms with Crippen LogP contribution in [-0.2, 0) is 0 Å². The van der Waals surface area contributed by atoms with E-state index in [1.54, 1.807) is 6.92 Å². The number of piperazine rings is 1. The average Bonchev–Trinajstić information content (AvgIpc) is 2.97. The Morgan fingerprint density at radius 1 is 1.00 bits per heavy atom. The van der Waals surface area contributed by atoms with Crippen LogP contribution >= 0.6 is 0 Å². The molecule has 0 spiro atoms. The van der Waals surface area contributed by atoms with Crippen molar-refractivity contribution in [1.82, 2.24) is 9.47 Å². The normalized spacial score (nSPS) is 15.3. The van der Waals surface area contributed by atoms with Crippen LogP contribution in [0.15, 0.2) is 30.3 Å². The summed E-state index contributed by atoms with van der Waals surface area (Å²) in [6.07, 6.45) is 0. The Bertz CT molecular complexity index is 857. The zero-order chi connectivity index (χ0) is 20.4. The predicted molar refractivity (Wildman–Crippen MR) is 114 cm³/mol. The number of carbonyl (C=O) groups excluding carboxylic acids is 2. The van der Waals surface area contributed by atoms with E-state index in [-0.39, 0.29) is 11.6 Å². The molecule has 1 aliphatic heterocycles. The van der Waals surface area contributed by atoms with E-state index in [9.17, 15) is 9.59 Å². The maximum atomic E-state index is 12.9. The summed E-state index contributed by atoms with van der Waals surface area (Å²) in [7, 11) is 0. The van der Waals surface area contributed by atoms with Crippen molar-refractivity contribution in [2.75, 3.05) is 37.6 Å². The molecule has 1 aromatic heterocycles. The van der Waals surface area contributed by atoms with E-state index in [2.05, 4.69) is 35.1 Å². The van der Waals surface area contributed by atoms with Gasteiger partial charge in [-0.15, -0.1) is 0 Å². The highest BCUT2D eigenvalue weighted by Crippen LogP contribution is 2.22. The molecular formula is C23H31N3O2. The Kier molecular flexibility index (Phi) is 6.04. The second kappa shape index (κ2) is 8.31. The molecule has 2 aromatic rings. The Balaban J connectivity index is 1.59. The number of carbonyl (C=O) groups is 2. The van der Waals surface area contributed by atoms with Crippen LogP contribution < -0.4 is 4.90 Å². The van der Waals surface area contributed by atoms with Gasteiger partial charge < -0.3 is 9.47 Å². The summed E-state index contributed by atoms with van der Waals surface area (Å²) in [6, 6.07) is 10.2. The molecule has 0 amide bonds. The van der Waals surface area contributed by atoms with Crippen molar-refractivity contribution in [1.29, 1.82) is 0 Å². The molecule has 0 N–H and O–H groups in total. The average molecular weight is 382 g/mol. The summed E-state index contributed by atoms with van der Waals surface area (Å²) in [5, 5.41) is 0. The molecule has 5 nitrogen and oxygen atoms in total. The molecule has 1 aliphatic rings. The van der Waals surface area contributed by atoms with Crippen molar-refractivity contribution in [3.8, 4) is 0 Å². The molecule has 1 saturated heterocycles. The largest absolute Gasteiger partial charge is 0.369 e. The van der Waals surface area contributed by atoms with Gasteiger partial charge in [-0.3, -0.25) is 14.5 Å². The van der Waals surface area contributed by atoms with Crippen LogP contribution in [0.4, 0.5) is 5.69 Å². The number of rotatable bonds is 6. The van der Waals surface area contributed by atoms with E-state index in [0.717, 1.165) is 54.4 Å². The summed E-state index contributed by atoms with van der Waals surface area (Å²) < 4.78 is 2.23. The van der Waals surface area contributed by atoms with Crippen molar-refractivity contribution in [2.45, 2.75) is 40.7 Å². The van der Waals surface area contributed by atoms with Gasteiger partial charge in [0.05, 0.1) is 6.54 Å². The Hall–Kier alpha value is -2.40. The Morgan fingerprint density at radius 3 is 2.11 bits per heavy atom. The fourth-order valence-corrected chi connectivity index (χ4v) is 4.21. The van der Waals surface area contributed by atoms with E-state index in [1.807, 2.05) is 37.3 Å². The van der Waals surface area contributed by atoms with Crippen molar-refractivity contribution < 1.29 is 9.59 Å². The molecule has 28 heavy (non-hydrogen) atoms. The molecule has 2 heterocycles. The van der Waals surface area contributed by atoms with Gasteiger partial charge in [-0.25, -0.2) is 0 Å². The monoisotopic (exact) mass is 381 g/mol. The van der Waals surface area contributed by atoms with Gasteiger partial charge in [0.1, 0.15) is 0 Å². The van der Waals surface area contributed by atoms with Gasteiger partial charge in [-0.05, 0) is 65.0 Å². The lowest BCUT2D eigenvalue weighted by atomic mass is 10.1. The van der Waals surface area contributed by atoms with Gasteiger partial charge in [-0.2, -0.15) is 0 Å². The minimum atomic E-state index is 0.0895. The first-order chi connectivity index (χ1) is 13.3. The number of aromatic nitrogens is 1. The second-order valence-corrected chi connectivity index (χ2v) is 8.04. The third-order valence-corrected chi connectivity index (χ3v) is 5.68. The minimum absolute atomic E-state index is 0.0895. The first-order valence-electron chi connectivity index (χ1n) is 10.1. The number of hydrogen-bond acceptors (Lipinski definition) is 4. The zero-order valence-corrected chi connectivity index (χ0v) is 17.7. The maximum absolute atomic E-state index is 12.9. The topological polar surface area (TPSA) is 45.6 Å². The zero-order valence-electron chi connectivity index (χ0n) is 17.7. The number of Topliss-reactive ketones (excluding diaryl/α,β-unsaturated/α-hetero) is 2. The maximum Gasteiger partial charge on any atom is 0.178 e. The van der Waals surface area contributed by atoms with E-state index < -0.39 is 0 Å². The lowest BCUT2D eigenvalue weighted by Gasteiger charge is -2.35. The van der Waals surface area contributed by atoms with Crippen molar-refractivity contribution >= 4 is 17.3 Å². The number of anilines is 1. The lowest BCUT2D eigenvalue weighted by molar-refractivity contribution is 0.0925. The summed E-state index contributed by atoms with van der Waals surface area (Å²) in [5.41, 5.74) is 4.95. The SMILES string of the molecule is CC(=O)c1ccc(N2CCN(CC(=O)c3cc(C)n(C(C)C)c3C)CC2)cc1. The van der Waals surface area contributed by atoms with Gasteiger partial charge in [0.15, 0.2) is 11.6 Å². The van der Waals surface area contributed by atoms with Gasteiger partial charge in [0.2, 0.25) is 0 Å². The molecule has 5 heteroatoms. The first-order valence-corrected chi connectivity index (χ1v) is 10.1. The first kappa shape index (κ1) is 20.3. The summed E-state index contributed by atoms with van der Waals surface area (Å²) in [4.78, 5) is 28.9. The molecule has 0 saturated carbocycles. The molecule has 1 aromatic carbocycles. The highest BCUT2D eigenvalue weighted by Gasteiger charge is 2.22. The molecule has 0 bridgehead atoms. The van der Waals surface area contributed by atoms with E-state index in [4.69, 9.17) is 0 Å². The fourth-order valence-electron chi connectivity index (χ4n) is 4.21. The van der Waals surface area contributed by atoms with Crippen molar-refractivity contribution in [3.63, 3.8) is 0 Å². The summed E-state index contributed by atoms with van der Waals surface area (Å²) >= 11 is 0. The standard InChI is InChI=1S/C23H31N3O2/c1-16(2)26-17(3)14-22(18(26)4)23(28)15-24-10-12-25(13-11-24)21-8-6-20(7-9-21)19(5)27/h6-9,14,16H,10-13,15H2,1-5H3. The number of ketones is 2. The van der Waals surface area contributed by atoms with Crippen LogP contribution in [0.3, 0.4) is 0 Å². The minimum Gasteiger partial charge on any atom is -0.369 e. The van der Waals surface area contributed by atoms with Gasteiger partial charge >= 0.3 is 0 Å². The number of benzene rings is 1. The van der Waals surface area contributed by atoms with Crippen LogP contribution in [0.25, 0.3) is 0 Å². The summed E-state index contributed by atoms with van der Waals surface area (Å²) in [5.74, 6) is 0.297. The number of aryl methyl sites for hydroxylation is 1. The van der Waals surface area contributed by atoms with Crippen molar-refractivity contribution in [2.24, 2.45) is 0 Å². The molecule has 0 radical (unpaired) electrons. The molecule has 0 atom stereocenters. The Morgan fingerprint density at radius 2 is 1.61 bits per heavy atom. The third kappa shape index (κ3) is 4.20. The van der Waals surface area contributed by atoms with Crippen molar-refractivity contribution in [3.05, 3.63) is 52.8 Å². The number of hydrogen-bond donors (Lipinski definition) is 0. The highest BCUT2D eigenvalue weighted by atomic mass is 16.1. The van der Waals surface area contributed by atoms with Crippen LogP contribution in [0, 0.1) is 13.8 Å². The van der Waals surface area contributed by atoms with Crippen LogP contribution in [-0.4, -0.2) is 53.8 Å². The summed E-state index contributed by atoms with van der Waals surface area (Å²) in [6.45, 7) is 14.0.